The molecule has 0 atom stereocenters. The maximum Gasteiger partial charge on any atom is 0.418 e. The Bertz CT molecular complexity index is 971. The number of hydrogen-bond acceptors (Lipinski definition) is 6. The minimum absolute atomic E-state index is 0.0355. The highest BCUT2D eigenvalue weighted by molar-refractivity contribution is 7.17. The average Bonchev–Trinajstić information content (AvgIpc) is 3.08. The first-order chi connectivity index (χ1) is 12.8. The summed E-state index contributed by atoms with van der Waals surface area (Å²) in [6, 6.07) is 4.12. The van der Waals surface area contributed by atoms with Gasteiger partial charge in [-0.2, -0.15) is 13.2 Å². The number of thiophene rings is 1. The summed E-state index contributed by atoms with van der Waals surface area (Å²) >= 11 is 0.816. The number of carbonyl (C=O) groups excluding carboxylic acids is 1. The molecule has 27 heavy (non-hydrogen) atoms. The zero-order chi connectivity index (χ0) is 19.6. The first kappa shape index (κ1) is 18.9. The predicted octanol–water partition coefficient (Wildman–Crippen LogP) is 3.66. The molecular weight excluding hydrogens is 383 g/mol. The van der Waals surface area contributed by atoms with Crippen LogP contribution in [0.4, 0.5) is 13.2 Å². The number of aromatic nitrogens is 2. The molecule has 3 aromatic rings. The number of carbonyl (C=O) groups is 1. The molecule has 0 aliphatic carbocycles. The van der Waals surface area contributed by atoms with Crippen molar-refractivity contribution >= 4 is 27.5 Å². The number of rotatable bonds is 5. The lowest BCUT2D eigenvalue weighted by molar-refractivity contribution is -0.136. The number of nitrogens with zero attached hydrogens (tertiary/aromatic N) is 2. The van der Waals surface area contributed by atoms with Gasteiger partial charge in [-0.05, 0) is 6.07 Å². The topological polar surface area (TPSA) is 73.3 Å². The molecule has 0 saturated heterocycles. The van der Waals surface area contributed by atoms with E-state index >= 15 is 0 Å². The summed E-state index contributed by atoms with van der Waals surface area (Å²) in [5, 5.41) is 3.74. The molecule has 0 unspecified atom stereocenters. The van der Waals surface area contributed by atoms with Crippen LogP contribution in [0.25, 0.3) is 10.2 Å². The van der Waals surface area contributed by atoms with Crippen LogP contribution in [0.3, 0.4) is 0 Å². The predicted molar refractivity (Wildman–Crippen MR) is 93.1 cm³/mol. The molecule has 1 N–H and O–H groups in total. The van der Waals surface area contributed by atoms with Crippen LogP contribution in [0.1, 0.15) is 21.5 Å². The van der Waals surface area contributed by atoms with Crippen molar-refractivity contribution in [1.82, 2.24) is 15.3 Å². The van der Waals surface area contributed by atoms with Crippen LogP contribution < -0.4 is 14.8 Å². The summed E-state index contributed by atoms with van der Waals surface area (Å²) in [6.45, 7) is -0.0355. The molecule has 3 rings (SSSR count). The Morgan fingerprint density at radius 1 is 1.30 bits per heavy atom. The monoisotopic (exact) mass is 397 g/mol. The van der Waals surface area contributed by atoms with Gasteiger partial charge in [-0.3, -0.25) is 4.79 Å². The minimum Gasteiger partial charge on any atom is -0.481 e. The number of amides is 1. The molecule has 0 fully saturated rings. The highest BCUT2D eigenvalue weighted by Crippen LogP contribution is 2.40. The van der Waals surface area contributed by atoms with Crippen molar-refractivity contribution in [1.29, 1.82) is 0 Å². The number of fused-ring (bicyclic) bond motifs is 1. The van der Waals surface area contributed by atoms with Gasteiger partial charge >= 0.3 is 6.18 Å². The minimum atomic E-state index is -4.61. The van der Waals surface area contributed by atoms with E-state index in [2.05, 4.69) is 15.3 Å². The van der Waals surface area contributed by atoms with E-state index in [4.69, 9.17) is 9.47 Å². The lowest BCUT2D eigenvalue weighted by atomic mass is 10.2. The van der Waals surface area contributed by atoms with Gasteiger partial charge < -0.3 is 14.8 Å². The van der Waals surface area contributed by atoms with Crippen molar-refractivity contribution in [2.45, 2.75) is 12.8 Å². The van der Waals surface area contributed by atoms with Gasteiger partial charge in [0.25, 0.3) is 5.91 Å². The molecule has 0 aliphatic heterocycles. The second-order valence-corrected chi connectivity index (χ2v) is 6.29. The lowest BCUT2D eigenvalue weighted by Gasteiger charge is -2.11. The molecule has 142 valence electrons. The first-order valence-electron chi connectivity index (χ1n) is 7.66. The van der Waals surface area contributed by atoms with E-state index in [1.165, 1.54) is 25.7 Å². The smallest absolute Gasteiger partial charge is 0.418 e. The summed E-state index contributed by atoms with van der Waals surface area (Å²) in [6.07, 6.45) is -3.12. The molecule has 0 spiro atoms. The number of methoxy groups -OCH3 is 1. The van der Waals surface area contributed by atoms with E-state index in [-0.39, 0.29) is 28.3 Å². The summed E-state index contributed by atoms with van der Waals surface area (Å²) < 4.78 is 50.6. The zero-order valence-corrected chi connectivity index (χ0v) is 15.1. The Morgan fingerprint density at radius 2 is 2.07 bits per heavy atom. The first-order valence-corrected chi connectivity index (χ1v) is 8.54. The molecule has 0 radical (unpaired) electrons. The SMILES string of the molecule is CNC(=O)c1csc2c(C(F)(F)F)cc(OCc3ccc(OC)nc3)nc12. The Hall–Kier alpha value is -2.88. The summed E-state index contributed by atoms with van der Waals surface area (Å²) in [7, 11) is 2.87. The number of nitrogens with one attached hydrogen (secondary N) is 1. The maximum atomic E-state index is 13.4. The van der Waals surface area contributed by atoms with Crippen LogP contribution >= 0.6 is 11.3 Å². The highest BCUT2D eigenvalue weighted by Gasteiger charge is 2.35. The highest BCUT2D eigenvalue weighted by atomic mass is 32.1. The Morgan fingerprint density at radius 3 is 2.67 bits per heavy atom. The number of pyridine rings is 2. The van der Waals surface area contributed by atoms with Crippen molar-refractivity contribution in [2.24, 2.45) is 0 Å². The molecule has 0 bridgehead atoms. The van der Waals surface area contributed by atoms with E-state index in [1.807, 2.05) is 0 Å². The van der Waals surface area contributed by atoms with Gasteiger partial charge in [0.05, 0.1) is 28.5 Å². The van der Waals surface area contributed by atoms with Crippen molar-refractivity contribution < 1.29 is 27.4 Å². The lowest BCUT2D eigenvalue weighted by Crippen LogP contribution is -2.17. The van der Waals surface area contributed by atoms with Gasteiger partial charge in [-0.15, -0.1) is 11.3 Å². The largest absolute Gasteiger partial charge is 0.481 e. The van der Waals surface area contributed by atoms with Gasteiger partial charge in [-0.1, -0.05) is 0 Å². The molecule has 6 nitrogen and oxygen atoms in total. The number of alkyl halides is 3. The normalized spacial score (nSPS) is 11.4. The van der Waals surface area contributed by atoms with Crippen molar-refractivity contribution in [3.63, 3.8) is 0 Å². The Kier molecular flexibility index (Phi) is 5.17. The second kappa shape index (κ2) is 7.39. The number of halogens is 3. The molecule has 1 amide bonds. The standard InChI is InChI=1S/C17H14F3N3O3S/c1-21-16(24)10-8-27-15-11(17(18,19)20)5-13(23-14(10)15)26-7-9-3-4-12(25-2)22-6-9/h3-6,8H,7H2,1-2H3,(H,21,24). The van der Waals surface area contributed by atoms with E-state index < -0.39 is 17.6 Å². The summed E-state index contributed by atoms with van der Waals surface area (Å²) in [5.41, 5.74) is -0.241. The molecular formula is C17H14F3N3O3S. The van der Waals surface area contributed by atoms with E-state index in [0.29, 0.717) is 11.4 Å². The van der Waals surface area contributed by atoms with Gasteiger partial charge in [-0.25, -0.2) is 9.97 Å². The van der Waals surface area contributed by atoms with Crippen LogP contribution in [0.15, 0.2) is 29.8 Å². The quantitative estimate of drug-likeness (QED) is 0.711. The van der Waals surface area contributed by atoms with Crippen LogP contribution in [-0.4, -0.2) is 30.0 Å². The van der Waals surface area contributed by atoms with Crippen LogP contribution in [0.5, 0.6) is 11.8 Å². The van der Waals surface area contributed by atoms with Crippen molar-refractivity contribution in [3.05, 3.63) is 46.5 Å². The molecule has 3 aromatic heterocycles. The van der Waals surface area contributed by atoms with E-state index in [0.717, 1.165) is 17.4 Å². The zero-order valence-electron chi connectivity index (χ0n) is 14.3. The average molecular weight is 397 g/mol. The fraction of sp³-hybridized carbons (Fsp3) is 0.235. The molecule has 3 heterocycles. The van der Waals surface area contributed by atoms with Crippen LogP contribution in [-0.2, 0) is 12.8 Å². The third-order valence-corrected chi connectivity index (χ3v) is 4.67. The summed E-state index contributed by atoms with van der Waals surface area (Å²) in [4.78, 5) is 20.0. The molecule has 0 aliphatic rings. The maximum absolute atomic E-state index is 13.4. The number of ether oxygens (including phenoxy) is 2. The summed E-state index contributed by atoms with van der Waals surface area (Å²) in [5.74, 6) is -0.335. The number of hydrogen-bond donors (Lipinski definition) is 1. The fourth-order valence-corrected chi connectivity index (χ4v) is 3.36. The molecule has 10 heteroatoms. The Balaban J connectivity index is 1.97. The van der Waals surface area contributed by atoms with Crippen molar-refractivity contribution in [3.8, 4) is 11.8 Å². The van der Waals surface area contributed by atoms with E-state index in [9.17, 15) is 18.0 Å². The fourth-order valence-electron chi connectivity index (χ4n) is 2.34. The van der Waals surface area contributed by atoms with Gasteiger partial charge in [0.2, 0.25) is 11.8 Å². The Labute approximate surface area is 156 Å². The van der Waals surface area contributed by atoms with Crippen LogP contribution in [0.2, 0.25) is 0 Å². The van der Waals surface area contributed by atoms with E-state index in [1.54, 1.807) is 12.1 Å². The van der Waals surface area contributed by atoms with Gasteiger partial charge in [0.1, 0.15) is 6.61 Å². The second-order valence-electron chi connectivity index (χ2n) is 5.41. The van der Waals surface area contributed by atoms with Crippen molar-refractivity contribution in [2.75, 3.05) is 14.2 Å². The molecule has 0 saturated carbocycles. The third kappa shape index (κ3) is 3.95. The molecule has 0 aromatic carbocycles. The van der Waals surface area contributed by atoms with Gasteiger partial charge in [0, 0.05) is 36.3 Å². The van der Waals surface area contributed by atoms with Gasteiger partial charge in [0.15, 0.2) is 0 Å². The van der Waals surface area contributed by atoms with Crippen LogP contribution in [0, 0.1) is 0 Å². The third-order valence-electron chi connectivity index (χ3n) is 3.67.